The van der Waals surface area contributed by atoms with Crippen molar-refractivity contribution in [3.63, 3.8) is 0 Å². The fourth-order valence-electron chi connectivity index (χ4n) is 4.95. The Hall–Kier alpha value is -2.83. The van der Waals surface area contributed by atoms with Crippen molar-refractivity contribution >= 4 is 28.4 Å². The Labute approximate surface area is 163 Å². The molecule has 2 aliphatic rings. The van der Waals surface area contributed by atoms with Crippen molar-refractivity contribution in [3.8, 4) is 5.75 Å². The van der Waals surface area contributed by atoms with Crippen molar-refractivity contribution in [2.24, 2.45) is 11.8 Å². The summed E-state index contributed by atoms with van der Waals surface area (Å²) in [4.78, 5) is 24.3. The van der Waals surface area contributed by atoms with Crippen LogP contribution in [-0.2, 0) is 0 Å². The number of nitrogens with zero attached hydrogens (tertiary/aromatic N) is 4. The maximum atomic E-state index is 13.2. The van der Waals surface area contributed by atoms with Gasteiger partial charge in [-0.2, -0.15) is 0 Å². The average Bonchev–Trinajstić information content (AvgIpc) is 3.19. The lowest BCUT2D eigenvalue weighted by Gasteiger charge is -2.41. The number of fused-ring (bicyclic) bond motifs is 4. The summed E-state index contributed by atoms with van der Waals surface area (Å²) in [6.07, 6.45) is 8.00. The summed E-state index contributed by atoms with van der Waals surface area (Å²) < 4.78 is 7.10. The van der Waals surface area contributed by atoms with E-state index < -0.39 is 0 Å². The summed E-state index contributed by atoms with van der Waals surface area (Å²) in [7, 11) is 1.60. The second-order valence-electron chi connectivity index (χ2n) is 7.99. The van der Waals surface area contributed by atoms with Gasteiger partial charge in [0.1, 0.15) is 22.6 Å². The molecule has 2 unspecified atom stereocenters. The number of carbonyl (C=O) groups is 1. The highest BCUT2D eigenvalue weighted by Crippen LogP contribution is 2.36. The highest BCUT2D eigenvalue weighted by Gasteiger charge is 2.34. The number of piperidine rings is 1. The van der Waals surface area contributed by atoms with E-state index in [0.29, 0.717) is 34.5 Å². The molecule has 0 spiro atoms. The van der Waals surface area contributed by atoms with Gasteiger partial charge in [-0.3, -0.25) is 9.20 Å². The number of rotatable bonds is 2. The topological polar surface area (TPSA) is 85.8 Å². The molecule has 0 bridgehead atoms. The van der Waals surface area contributed by atoms with E-state index in [2.05, 4.69) is 9.97 Å². The normalized spacial score (nSPS) is 22.4. The molecule has 3 aromatic rings. The number of carbonyl (C=O) groups excluding carboxylic acids is 1. The van der Waals surface area contributed by atoms with Crippen LogP contribution in [0.25, 0.3) is 16.6 Å². The lowest BCUT2D eigenvalue weighted by molar-refractivity contribution is 0.0516. The third-order valence-corrected chi connectivity index (χ3v) is 6.44. The van der Waals surface area contributed by atoms with Gasteiger partial charge in [-0.25, -0.2) is 9.97 Å². The minimum absolute atomic E-state index is 0.0110. The molecular weight excluding hydrogens is 354 g/mol. The van der Waals surface area contributed by atoms with Gasteiger partial charge in [0.25, 0.3) is 5.91 Å². The van der Waals surface area contributed by atoms with E-state index in [9.17, 15) is 4.79 Å². The molecule has 7 nitrogen and oxygen atoms in total. The van der Waals surface area contributed by atoms with Crippen LogP contribution in [0.3, 0.4) is 0 Å². The van der Waals surface area contributed by atoms with Crippen LogP contribution in [0.1, 0.15) is 42.6 Å². The molecule has 0 radical (unpaired) electrons. The third-order valence-electron chi connectivity index (χ3n) is 6.44. The molecular formula is C21H25N5O2. The van der Waals surface area contributed by atoms with Gasteiger partial charge in [0.2, 0.25) is 5.95 Å². The fraction of sp³-hybridized carbons (Fsp3) is 0.476. The maximum Gasteiger partial charge on any atom is 0.274 e. The predicted octanol–water partition coefficient (Wildman–Crippen LogP) is 3.13. The number of nitrogen functional groups attached to an aromatic ring is 1. The molecule has 2 fully saturated rings. The Balaban J connectivity index is 1.52. The molecule has 1 aliphatic heterocycles. The van der Waals surface area contributed by atoms with Crippen LogP contribution in [-0.4, -0.2) is 45.4 Å². The lowest BCUT2D eigenvalue weighted by atomic mass is 9.75. The van der Waals surface area contributed by atoms with E-state index in [1.807, 2.05) is 23.1 Å². The molecule has 7 heteroatoms. The second-order valence-corrected chi connectivity index (χ2v) is 7.99. The van der Waals surface area contributed by atoms with Gasteiger partial charge in [-0.1, -0.05) is 25.3 Å². The number of ether oxygens (including phenoxy) is 1. The molecule has 1 aromatic carbocycles. The second kappa shape index (κ2) is 6.65. The Morgan fingerprint density at radius 3 is 2.82 bits per heavy atom. The van der Waals surface area contributed by atoms with Crippen LogP contribution in [0.4, 0.5) is 5.95 Å². The first kappa shape index (κ1) is 17.3. The zero-order chi connectivity index (χ0) is 19.3. The monoisotopic (exact) mass is 379 g/mol. The number of methoxy groups -OCH3 is 1. The van der Waals surface area contributed by atoms with Gasteiger partial charge >= 0.3 is 0 Å². The van der Waals surface area contributed by atoms with Gasteiger partial charge < -0.3 is 15.4 Å². The Morgan fingerprint density at radius 1 is 1.18 bits per heavy atom. The highest BCUT2D eigenvalue weighted by atomic mass is 16.5. The minimum Gasteiger partial charge on any atom is -0.494 e. The maximum absolute atomic E-state index is 13.2. The standard InChI is InChI=1S/C21H25N5O2/c1-28-17-8-4-7-15-18(17)24-21(22)26-12-16(23-19(15)26)20(27)25-10-9-13-5-2-3-6-14(13)11-25/h4,7-8,12-14H,2-3,5-6,9-11H2,1H3,(H2,22,24). The third kappa shape index (κ3) is 2.68. The first-order valence-corrected chi connectivity index (χ1v) is 10.1. The number of hydrogen-bond donors (Lipinski definition) is 1. The summed E-state index contributed by atoms with van der Waals surface area (Å²) in [5, 5.41) is 0.818. The predicted molar refractivity (Wildman–Crippen MR) is 107 cm³/mol. The number of likely N-dealkylation sites (tertiary alicyclic amines) is 1. The Bertz CT molecular complexity index is 1060. The summed E-state index contributed by atoms with van der Waals surface area (Å²) in [6, 6.07) is 5.66. The first-order chi connectivity index (χ1) is 13.7. The van der Waals surface area contributed by atoms with E-state index in [-0.39, 0.29) is 5.91 Å². The zero-order valence-corrected chi connectivity index (χ0v) is 16.1. The van der Waals surface area contributed by atoms with Crippen molar-refractivity contribution in [2.75, 3.05) is 25.9 Å². The summed E-state index contributed by atoms with van der Waals surface area (Å²) in [5.74, 6) is 2.35. The van der Waals surface area contributed by atoms with Crippen LogP contribution in [0.15, 0.2) is 24.4 Å². The number of aromatic nitrogens is 3. The van der Waals surface area contributed by atoms with E-state index in [4.69, 9.17) is 10.5 Å². The van der Waals surface area contributed by atoms with Gasteiger partial charge in [0, 0.05) is 24.7 Å². The fourth-order valence-corrected chi connectivity index (χ4v) is 4.95. The van der Waals surface area contributed by atoms with Crippen molar-refractivity contribution in [2.45, 2.75) is 32.1 Å². The number of hydrogen-bond acceptors (Lipinski definition) is 5. The molecule has 5 rings (SSSR count). The molecule has 2 aromatic heterocycles. The molecule has 1 amide bonds. The molecule has 1 aliphatic carbocycles. The van der Waals surface area contributed by atoms with Crippen LogP contribution in [0.2, 0.25) is 0 Å². The summed E-state index contributed by atoms with van der Waals surface area (Å²) >= 11 is 0. The van der Waals surface area contributed by atoms with Gasteiger partial charge in [0.15, 0.2) is 0 Å². The van der Waals surface area contributed by atoms with Crippen molar-refractivity contribution < 1.29 is 9.53 Å². The Morgan fingerprint density at radius 2 is 2.00 bits per heavy atom. The van der Waals surface area contributed by atoms with Crippen molar-refractivity contribution in [3.05, 3.63) is 30.1 Å². The minimum atomic E-state index is -0.0110. The Kier molecular flexibility index (Phi) is 4.10. The van der Waals surface area contributed by atoms with Gasteiger partial charge in [-0.05, 0) is 36.8 Å². The number of imidazole rings is 1. The van der Waals surface area contributed by atoms with Crippen LogP contribution < -0.4 is 10.5 Å². The SMILES string of the molecule is COc1cccc2c1nc(N)n1cc(C(=O)N3CCC4CCCCC4C3)nc21. The molecule has 2 atom stereocenters. The quantitative estimate of drug-likeness (QED) is 0.739. The van der Waals surface area contributed by atoms with Gasteiger partial charge in [0.05, 0.1) is 7.11 Å². The molecule has 3 heterocycles. The van der Waals surface area contributed by atoms with Crippen LogP contribution in [0.5, 0.6) is 5.75 Å². The van der Waals surface area contributed by atoms with Crippen LogP contribution >= 0.6 is 0 Å². The zero-order valence-electron chi connectivity index (χ0n) is 16.1. The number of benzene rings is 1. The molecule has 1 saturated heterocycles. The van der Waals surface area contributed by atoms with Gasteiger partial charge in [-0.15, -0.1) is 0 Å². The average molecular weight is 379 g/mol. The largest absolute Gasteiger partial charge is 0.494 e. The number of nitrogens with two attached hydrogens (primary N) is 1. The van der Waals surface area contributed by atoms with E-state index in [1.165, 1.54) is 25.7 Å². The van der Waals surface area contributed by atoms with E-state index in [0.717, 1.165) is 30.8 Å². The van der Waals surface area contributed by atoms with E-state index >= 15 is 0 Å². The smallest absolute Gasteiger partial charge is 0.274 e. The number of amides is 1. The molecule has 28 heavy (non-hydrogen) atoms. The lowest BCUT2D eigenvalue weighted by Crippen LogP contribution is -2.44. The highest BCUT2D eigenvalue weighted by molar-refractivity contribution is 5.99. The van der Waals surface area contributed by atoms with Crippen molar-refractivity contribution in [1.29, 1.82) is 0 Å². The number of para-hydroxylation sites is 1. The van der Waals surface area contributed by atoms with Crippen LogP contribution in [0, 0.1) is 11.8 Å². The summed E-state index contributed by atoms with van der Waals surface area (Å²) in [5.41, 5.74) is 7.88. The van der Waals surface area contributed by atoms with Crippen molar-refractivity contribution in [1.82, 2.24) is 19.3 Å². The molecule has 1 saturated carbocycles. The molecule has 146 valence electrons. The summed E-state index contributed by atoms with van der Waals surface area (Å²) in [6.45, 7) is 1.66. The number of anilines is 1. The first-order valence-electron chi connectivity index (χ1n) is 10.1. The van der Waals surface area contributed by atoms with E-state index in [1.54, 1.807) is 17.7 Å². The molecule has 2 N–H and O–H groups in total.